The monoisotopic (exact) mass is 286 g/mol. The first-order valence-electron chi connectivity index (χ1n) is 6.66. The molecule has 1 rings (SSSR count). The zero-order valence-corrected chi connectivity index (χ0v) is 14.1. The lowest BCUT2D eigenvalue weighted by Gasteiger charge is -2.20. The van der Waals surface area contributed by atoms with E-state index in [1.54, 1.807) is 0 Å². The zero-order chi connectivity index (χ0) is 13.8. The van der Waals surface area contributed by atoms with E-state index in [9.17, 15) is 0 Å². The van der Waals surface area contributed by atoms with Crippen LogP contribution in [0.5, 0.6) is 0 Å². The van der Waals surface area contributed by atoms with Gasteiger partial charge in [-0.15, -0.1) is 11.3 Å². The van der Waals surface area contributed by atoms with Crippen LogP contribution < -0.4 is 5.32 Å². The summed E-state index contributed by atoms with van der Waals surface area (Å²) in [5.74, 6) is 1.05. The van der Waals surface area contributed by atoms with Crippen molar-refractivity contribution in [1.29, 1.82) is 0 Å². The molecule has 0 spiro atoms. The van der Waals surface area contributed by atoms with Crippen molar-refractivity contribution >= 4 is 23.1 Å². The van der Waals surface area contributed by atoms with E-state index in [0.29, 0.717) is 5.25 Å². The molecule has 0 aromatic carbocycles. The Morgan fingerprint density at radius 1 is 1.33 bits per heavy atom. The third kappa shape index (κ3) is 5.72. The average Bonchev–Trinajstić information content (AvgIpc) is 2.65. The summed E-state index contributed by atoms with van der Waals surface area (Å²) in [6.45, 7) is 14.2. The maximum absolute atomic E-state index is 4.76. The maximum Gasteiger partial charge on any atom is 0.103 e. The van der Waals surface area contributed by atoms with Crippen LogP contribution in [0.2, 0.25) is 0 Å². The number of hydrogen-bond acceptors (Lipinski definition) is 4. The minimum atomic E-state index is 0.168. The Morgan fingerprint density at radius 3 is 2.50 bits per heavy atom. The van der Waals surface area contributed by atoms with E-state index in [1.807, 2.05) is 23.1 Å². The standard InChI is InChI=1S/C14H26N2S2/c1-7-11-12(8-15-14(4,5)6)18-13(16-11)9-17-10(2)3/h10,15H,7-9H2,1-6H3. The van der Waals surface area contributed by atoms with Gasteiger partial charge in [-0.1, -0.05) is 20.8 Å². The summed E-state index contributed by atoms with van der Waals surface area (Å²) < 4.78 is 0. The number of thioether (sulfide) groups is 1. The number of aryl methyl sites for hydroxylation is 1. The second-order valence-electron chi connectivity index (χ2n) is 5.79. The SMILES string of the molecule is CCc1nc(CSC(C)C)sc1CNC(C)(C)C. The third-order valence-electron chi connectivity index (χ3n) is 2.48. The molecule has 0 atom stereocenters. The highest BCUT2D eigenvalue weighted by Crippen LogP contribution is 2.25. The highest BCUT2D eigenvalue weighted by Gasteiger charge is 2.14. The third-order valence-corrected chi connectivity index (χ3v) is 4.86. The van der Waals surface area contributed by atoms with Crippen LogP contribution in [0.15, 0.2) is 0 Å². The molecule has 0 aliphatic rings. The Hall–Kier alpha value is -0.0600. The van der Waals surface area contributed by atoms with Crippen LogP contribution in [0.1, 0.15) is 57.1 Å². The first-order chi connectivity index (χ1) is 8.31. The van der Waals surface area contributed by atoms with Crippen LogP contribution in [-0.2, 0) is 18.7 Å². The van der Waals surface area contributed by atoms with Gasteiger partial charge < -0.3 is 5.32 Å². The summed E-state index contributed by atoms with van der Waals surface area (Å²) in [5.41, 5.74) is 1.44. The van der Waals surface area contributed by atoms with E-state index in [-0.39, 0.29) is 5.54 Å². The molecule has 0 saturated carbocycles. The van der Waals surface area contributed by atoms with Gasteiger partial charge in [-0.3, -0.25) is 0 Å². The first kappa shape index (κ1) is 16.0. The molecule has 0 aliphatic heterocycles. The number of rotatable bonds is 6. The smallest absolute Gasteiger partial charge is 0.103 e. The molecule has 0 radical (unpaired) electrons. The normalized spacial score (nSPS) is 12.4. The van der Waals surface area contributed by atoms with Crippen molar-refractivity contribution in [1.82, 2.24) is 10.3 Å². The highest BCUT2D eigenvalue weighted by molar-refractivity contribution is 7.99. The summed E-state index contributed by atoms with van der Waals surface area (Å²) in [4.78, 5) is 6.17. The summed E-state index contributed by atoms with van der Waals surface area (Å²) >= 11 is 3.84. The predicted octanol–water partition coefficient (Wildman–Crippen LogP) is 4.24. The van der Waals surface area contributed by atoms with E-state index in [1.165, 1.54) is 15.6 Å². The molecular formula is C14H26N2S2. The fourth-order valence-corrected chi connectivity index (χ4v) is 3.37. The van der Waals surface area contributed by atoms with Crippen molar-refractivity contribution in [2.24, 2.45) is 0 Å². The maximum atomic E-state index is 4.76. The van der Waals surface area contributed by atoms with Gasteiger partial charge in [0.05, 0.1) is 5.69 Å². The molecule has 0 saturated heterocycles. The van der Waals surface area contributed by atoms with Crippen LogP contribution in [-0.4, -0.2) is 15.8 Å². The molecule has 0 amide bonds. The van der Waals surface area contributed by atoms with Gasteiger partial charge >= 0.3 is 0 Å². The van der Waals surface area contributed by atoms with Crippen LogP contribution in [0, 0.1) is 0 Å². The van der Waals surface area contributed by atoms with Crippen molar-refractivity contribution < 1.29 is 0 Å². The molecule has 2 nitrogen and oxygen atoms in total. The van der Waals surface area contributed by atoms with Gasteiger partial charge in [0.15, 0.2) is 0 Å². The van der Waals surface area contributed by atoms with Gasteiger partial charge in [-0.05, 0) is 32.4 Å². The summed E-state index contributed by atoms with van der Waals surface area (Å²) in [7, 11) is 0. The quantitative estimate of drug-likeness (QED) is 0.847. The molecule has 1 N–H and O–H groups in total. The minimum Gasteiger partial charge on any atom is -0.307 e. The summed E-state index contributed by atoms with van der Waals surface area (Å²) in [6.07, 6.45) is 1.03. The Labute approximate surface area is 120 Å². The van der Waals surface area contributed by atoms with Gasteiger partial charge in [-0.25, -0.2) is 4.98 Å². The molecular weight excluding hydrogens is 260 g/mol. The fraction of sp³-hybridized carbons (Fsp3) is 0.786. The lowest BCUT2D eigenvalue weighted by atomic mass is 10.1. The molecule has 0 bridgehead atoms. The van der Waals surface area contributed by atoms with Crippen LogP contribution in [0.25, 0.3) is 0 Å². The number of hydrogen-bond donors (Lipinski definition) is 1. The predicted molar refractivity (Wildman–Crippen MR) is 84.5 cm³/mol. The Balaban J connectivity index is 2.66. The van der Waals surface area contributed by atoms with E-state index in [4.69, 9.17) is 4.98 Å². The van der Waals surface area contributed by atoms with Gasteiger partial charge in [0.1, 0.15) is 5.01 Å². The van der Waals surface area contributed by atoms with Crippen molar-refractivity contribution in [3.63, 3.8) is 0 Å². The Kier molecular flexibility index (Phi) is 6.15. The number of aromatic nitrogens is 1. The zero-order valence-electron chi connectivity index (χ0n) is 12.5. The van der Waals surface area contributed by atoms with Gasteiger partial charge in [0.25, 0.3) is 0 Å². The molecule has 0 unspecified atom stereocenters. The van der Waals surface area contributed by atoms with E-state index >= 15 is 0 Å². The molecule has 1 heterocycles. The van der Waals surface area contributed by atoms with Crippen molar-refractivity contribution in [3.8, 4) is 0 Å². The largest absolute Gasteiger partial charge is 0.307 e. The second kappa shape index (κ2) is 6.92. The van der Waals surface area contributed by atoms with E-state index in [0.717, 1.165) is 18.7 Å². The van der Waals surface area contributed by atoms with E-state index < -0.39 is 0 Å². The van der Waals surface area contributed by atoms with Crippen molar-refractivity contribution in [3.05, 3.63) is 15.6 Å². The minimum absolute atomic E-state index is 0.168. The Morgan fingerprint density at radius 2 is 2.00 bits per heavy atom. The highest BCUT2D eigenvalue weighted by atomic mass is 32.2. The molecule has 0 fully saturated rings. The van der Waals surface area contributed by atoms with Crippen molar-refractivity contribution in [2.75, 3.05) is 0 Å². The Bertz CT molecular complexity index is 364. The first-order valence-corrected chi connectivity index (χ1v) is 8.52. The van der Waals surface area contributed by atoms with E-state index in [2.05, 4.69) is 46.9 Å². The lowest BCUT2D eigenvalue weighted by Crippen LogP contribution is -2.35. The van der Waals surface area contributed by atoms with Gasteiger partial charge in [0, 0.05) is 22.7 Å². The molecule has 1 aromatic heterocycles. The molecule has 104 valence electrons. The van der Waals surface area contributed by atoms with Crippen LogP contribution >= 0.6 is 23.1 Å². The fourth-order valence-electron chi connectivity index (χ4n) is 1.50. The number of thiazole rings is 1. The topological polar surface area (TPSA) is 24.9 Å². The summed E-state index contributed by atoms with van der Waals surface area (Å²) in [5, 5.41) is 5.51. The van der Waals surface area contributed by atoms with Crippen LogP contribution in [0.3, 0.4) is 0 Å². The molecule has 4 heteroatoms. The summed E-state index contributed by atoms with van der Waals surface area (Å²) in [6, 6.07) is 0. The van der Waals surface area contributed by atoms with Gasteiger partial charge in [0.2, 0.25) is 0 Å². The number of nitrogens with one attached hydrogen (secondary N) is 1. The van der Waals surface area contributed by atoms with Crippen molar-refractivity contribution in [2.45, 2.75) is 71.0 Å². The average molecular weight is 287 g/mol. The molecule has 18 heavy (non-hydrogen) atoms. The van der Waals surface area contributed by atoms with Crippen LogP contribution in [0.4, 0.5) is 0 Å². The molecule has 1 aromatic rings. The lowest BCUT2D eigenvalue weighted by molar-refractivity contribution is 0.425. The second-order valence-corrected chi connectivity index (χ2v) is 8.53. The number of nitrogens with zero attached hydrogens (tertiary/aromatic N) is 1. The van der Waals surface area contributed by atoms with Gasteiger partial charge in [-0.2, -0.15) is 11.8 Å². The molecule has 0 aliphatic carbocycles.